The molecule has 0 saturated heterocycles. The molecular formula is C19H18Cl3FN2O2. The molecule has 1 unspecified atom stereocenters. The molecule has 1 N–H and O–H groups in total. The molecule has 4 nitrogen and oxygen atoms in total. The highest BCUT2D eigenvalue weighted by Gasteiger charge is 2.27. The van der Waals surface area contributed by atoms with Gasteiger partial charge in [-0.15, -0.1) is 0 Å². The summed E-state index contributed by atoms with van der Waals surface area (Å²) in [7, 11) is 1.48. The van der Waals surface area contributed by atoms with Gasteiger partial charge in [-0.1, -0.05) is 46.9 Å². The van der Waals surface area contributed by atoms with Crippen molar-refractivity contribution in [1.29, 1.82) is 0 Å². The normalized spacial score (nSPS) is 11.8. The first-order valence-electron chi connectivity index (χ1n) is 8.12. The summed E-state index contributed by atoms with van der Waals surface area (Å²) in [6, 6.07) is 8.29. The van der Waals surface area contributed by atoms with E-state index in [0.29, 0.717) is 15.6 Å². The van der Waals surface area contributed by atoms with Crippen LogP contribution < -0.4 is 5.32 Å². The van der Waals surface area contributed by atoms with Crippen molar-refractivity contribution in [3.05, 3.63) is 68.4 Å². The van der Waals surface area contributed by atoms with Crippen LogP contribution in [0.3, 0.4) is 0 Å². The maximum atomic E-state index is 14.1. The predicted octanol–water partition coefficient (Wildman–Crippen LogP) is 4.49. The van der Waals surface area contributed by atoms with E-state index in [2.05, 4.69) is 5.32 Å². The number of nitrogens with one attached hydrogen (secondary N) is 1. The molecule has 2 amide bonds. The van der Waals surface area contributed by atoms with Gasteiger partial charge in [0.2, 0.25) is 11.8 Å². The summed E-state index contributed by atoms with van der Waals surface area (Å²) in [5.74, 6) is -1.38. The Morgan fingerprint density at radius 2 is 1.85 bits per heavy atom. The number of hydrogen-bond donors (Lipinski definition) is 1. The minimum Gasteiger partial charge on any atom is -0.357 e. The third-order valence-corrected chi connectivity index (χ3v) is 5.10. The Bertz CT molecular complexity index is 841. The van der Waals surface area contributed by atoms with Gasteiger partial charge in [0, 0.05) is 34.2 Å². The molecule has 8 heteroatoms. The van der Waals surface area contributed by atoms with E-state index >= 15 is 0 Å². The van der Waals surface area contributed by atoms with Crippen molar-refractivity contribution in [2.24, 2.45) is 0 Å². The smallest absolute Gasteiger partial charge is 0.242 e. The first kappa shape index (κ1) is 21.5. The Balaban J connectivity index is 2.34. The molecule has 0 aliphatic heterocycles. The number of likely N-dealkylation sites (N-methyl/N-ethyl adjacent to an activating group) is 1. The summed E-state index contributed by atoms with van der Waals surface area (Å²) in [4.78, 5) is 26.4. The van der Waals surface area contributed by atoms with Gasteiger partial charge in [-0.2, -0.15) is 0 Å². The second kappa shape index (κ2) is 9.40. The Kier molecular flexibility index (Phi) is 7.48. The fourth-order valence-corrected chi connectivity index (χ4v) is 3.28. The summed E-state index contributed by atoms with van der Waals surface area (Å²) in [5.41, 5.74) is 0.699. The molecule has 0 heterocycles. The quantitative estimate of drug-likeness (QED) is 0.732. The van der Waals surface area contributed by atoms with Crippen LogP contribution in [-0.2, 0) is 22.6 Å². The van der Waals surface area contributed by atoms with Crippen LogP contribution in [0.15, 0.2) is 36.4 Å². The standard InChI is InChI=1S/C19H18Cl3FN2O2/c1-11(19(27)24-2)25(10-12-6-7-13(20)8-16(12)22)18(26)9-14-15(21)4-3-5-17(14)23/h3-8,11H,9-10H2,1-2H3,(H,24,27). The highest BCUT2D eigenvalue weighted by Crippen LogP contribution is 2.25. The van der Waals surface area contributed by atoms with E-state index in [1.807, 2.05) is 0 Å². The number of hydrogen-bond acceptors (Lipinski definition) is 2. The number of benzene rings is 2. The van der Waals surface area contributed by atoms with Crippen molar-refractivity contribution in [3.63, 3.8) is 0 Å². The van der Waals surface area contributed by atoms with Gasteiger partial charge in [0.15, 0.2) is 0 Å². The number of amides is 2. The Labute approximate surface area is 172 Å². The van der Waals surface area contributed by atoms with Gasteiger partial charge in [0.25, 0.3) is 0 Å². The molecule has 2 aromatic rings. The van der Waals surface area contributed by atoms with Gasteiger partial charge in [0.05, 0.1) is 6.42 Å². The van der Waals surface area contributed by atoms with Gasteiger partial charge in [-0.25, -0.2) is 4.39 Å². The maximum absolute atomic E-state index is 14.1. The van der Waals surface area contributed by atoms with Crippen molar-refractivity contribution < 1.29 is 14.0 Å². The molecule has 0 aromatic heterocycles. The Morgan fingerprint density at radius 1 is 1.15 bits per heavy atom. The lowest BCUT2D eigenvalue weighted by Gasteiger charge is -2.29. The molecule has 0 saturated carbocycles. The summed E-state index contributed by atoms with van der Waals surface area (Å²) in [6.07, 6.45) is -0.280. The van der Waals surface area contributed by atoms with Crippen molar-refractivity contribution in [2.45, 2.75) is 25.9 Å². The van der Waals surface area contributed by atoms with E-state index in [9.17, 15) is 14.0 Å². The Hall–Kier alpha value is -1.82. The van der Waals surface area contributed by atoms with Crippen molar-refractivity contribution >= 4 is 46.6 Å². The van der Waals surface area contributed by atoms with Gasteiger partial charge in [-0.05, 0) is 36.8 Å². The topological polar surface area (TPSA) is 49.4 Å². The average Bonchev–Trinajstić information content (AvgIpc) is 2.62. The van der Waals surface area contributed by atoms with Crippen LogP contribution in [-0.4, -0.2) is 29.8 Å². The van der Waals surface area contributed by atoms with E-state index in [0.717, 1.165) is 0 Å². The second-order valence-electron chi connectivity index (χ2n) is 5.92. The minimum atomic E-state index is -0.792. The maximum Gasteiger partial charge on any atom is 0.242 e. The molecular weight excluding hydrogens is 414 g/mol. The summed E-state index contributed by atoms with van der Waals surface area (Å²) in [5, 5.41) is 3.49. The number of carbonyl (C=O) groups is 2. The van der Waals surface area contributed by atoms with E-state index in [4.69, 9.17) is 34.8 Å². The van der Waals surface area contributed by atoms with Gasteiger partial charge < -0.3 is 10.2 Å². The Morgan fingerprint density at radius 3 is 2.44 bits per heavy atom. The van der Waals surface area contributed by atoms with Crippen LogP contribution in [0, 0.1) is 5.82 Å². The van der Waals surface area contributed by atoms with Gasteiger partial charge in [-0.3, -0.25) is 9.59 Å². The molecule has 0 aliphatic rings. The fraction of sp³-hybridized carbons (Fsp3) is 0.263. The second-order valence-corrected chi connectivity index (χ2v) is 7.18. The molecule has 1 atom stereocenters. The first-order valence-corrected chi connectivity index (χ1v) is 9.25. The molecule has 0 radical (unpaired) electrons. The fourth-order valence-electron chi connectivity index (χ4n) is 2.58. The molecule has 0 spiro atoms. The number of rotatable bonds is 6. The SMILES string of the molecule is CNC(=O)C(C)N(Cc1ccc(Cl)cc1Cl)C(=O)Cc1c(F)cccc1Cl. The van der Waals surface area contributed by atoms with Crippen molar-refractivity contribution in [3.8, 4) is 0 Å². The lowest BCUT2D eigenvalue weighted by molar-refractivity contribution is -0.139. The summed E-state index contributed by atoms with van der Waals surface area (Å²) >= 11 is 18.1. The third-order valence-electron chi connectivity index (χ3n) is 4.16. The van der Waals surface area contributed by atoms with Crippen LogP contribution in [0.4, 0.5) is 4.39 Å². The van der Waals surface area contributed by atoms with Crippen LogP contribution in [0.25, 0.3) is 0 Å². The monoisotopic (exact) mass is 430 g/mol. The molecule has 27 heavy (non-hydrogen) atoms. The third kappa shape index (κ3) is 5.34. The zero-order valence-corrected chi connectivity index (χ0v) is 17.0. The number of halogens is 4. The minimum absolute atomic E-state index is 0.0650. The molecule has 2 rings (SSSR count). The van der Waals surface area contributed by atoms with Crippen LogP contribution >= 0.6 is 34.8 Å². The number of nitrogens with zero attached hydrogens (tertiary/aromatic N) is 1. The highest BCUT2D eigenvalue weighted by atomic mass is 35.5. The zero-order valence-electron chi connectivity index (χ0n) is 14.7. The van der Waals surface area contributed by atoms with E-state index in [1.165, 1.54) is 30.1 Å². The first-order chi connectivity index (χ1) is 12.7. The molecule has 144 valence electrons. The zero-order chi connectivity index (χ0) is 20.1. The average molecular weight is 432 g/mol. The molecule has 0 bridgehead atoms. The van der Waals surface area contributed by atoms with Crippen LogP contribution in [0.5, 0.6) is 0 Å². The van der Waals surface area contributed by atoms with E-state index in [1.54, 1.807) is 25.1 Å². The van der Waals surface area contributed by atoms with Gasteiger partial charge >= 0.3 is 0 Å². The molecule has 0 aliphatic carbocycles. The van der Waals surface area contributed by atoms with Crippen LogP contribution in [0.1, 0.15) is 18.1 Å². The summed E-state index contributed by atoms with van der Waals surface area (Å²) < 4.78 is 14.1. The summed E-state index contributed by atoms with van der Waals surface area (Å²) in [6.45, 7) is 1.65. The van der Waals surface area contributed by atoms with E-state index in [-0.39, 0.29) is 29.5 Å². The lowest BCUT2D eigenvalue weighted by Crippen LogP contribution is -2.47. The van der Waals surface area contributed by atoms with E-state index < -0.39 is 17.8 Å². The largest absolute Gasteiger partial charge is 0.357 e. The highest BCUT2D eigenvalue weighted by molar-refractivity contribution is 6.35. The van der Waals surface area contributed by atoms with Gasteiger partial charge in [0.1, 0.15) is 11.9 Å². The lowest BCUT2D eigenvalue weighted by atomic mass is 10.1. The van der Waals surface area contributed by atoms with Crippen LogP contribution in [0.2, 0.25) is 15.1 Å². The molecule has 0 fully saturated rings. The number of carbonyl (C=O) groups excluding carboxylic acids is 2. The molecule has 2 aromatic carbocycles. The predicted molar refractivity (Wildman–Crippen MR) is 106 cm³/mol. The van der Waals surface area contributed by atoms with Crippen molar-refractivity contribution in [2.75, 3.05) is 7.05 Å². The van der Waals surface area contributed by atoms with Crippen molar-refractivity contribution in [1.82, 2.24) is 10.2 Å².